The van der Waals surface area contributed by atoms with Crippen LogP contribution in [-0.4, -0.2) is 20.5 Å². The van der Waals surface area contributed by atoms with Gasteiger partial charge in [-0.05, 0) is 0 Å². The zero-order valence-corrected chi connectivity index (χ0v) is 8.36. The average Bonchev–Trinajstić information content (AvgIpc) is 1.95. The molecule has 1 atom stereocenters. The second-order valence-corrected chi connectivity index (χ2v) is 4.81. The Bertz CT molecular complexity index is 215. The van der Waals surface area contributed by atoms with E-state index >= 15 is 0 Å². The van der Waals surface area contributed by atoms with Gasteiger partial charge >= 0.3 is 6.03 Å². The summed E-state index contributed by atoms with van der Waals surface area (Å²) >= 11 is 8.67. The third kappa shape index (κ3) is 0.988. The highest BCUT2D eigenvalue weighted by Gasteiger charge is 2.62. The van der Waals surface area contributed by atoms with Crippen molar-refractivity contribution in [1.29, 1.82) is 0 Å². The lowest BCUT2D eigenvalue weighted by Crippen LogP contribution is -2.47. The predicted molar refractivity (Wildman–Crippen MR) is 42.7 cm³/mol. The lowest BCUT2D eigenvalue weighted by atomic mass is 10.1. The molecule has 1 rings (SSSR count). The molecule has 11 heavy (non-hydrogen) atoms. The van der Waals surface area contributed by atoms with Gasteiger partial charge in [-0.2, -0.15) is 0 Å². The monoisotopic (exact) mass is 241 g/mol. The van der Waals surface area contributed by atoms with Crippen LogP contribution in [0.4, 0.5) is 4.79 Å². The van der Waals surface area contributed by atoms with Crippen molar-refractivity contribution in [3.63, 3.8) is 0 Å². The topological polar surface area (TPSA) is 46.2 Å². The zero-order chi connectivity index (χ0) is 8.86. The van der Waals surface area contributed by atoms with Crippen molar-refractivity contribution in [2.24, 2.45) is 0 Å². The minimum absolute atomic E-state index is 0.380. The van der Waals surface area contributed by atoms with Gasteiger partial charge in [0, 0.05) is 13.8 Å². The summed E-state index contributed by atoms with van der Waals surface area (Å²) in [6.07, 6.45) is 0. The van der Waals surface area contributed by atoms with Crippen molar-refractivity contribution >= 4 is 39.9 Å². The number of nitrogens with zero attached hydrogens (tertiary/aromatic N) is 1. The molecular weight excluding hydrogens is 235 g/mol. The van der Waals surface area contributed by atoms with Crippen LogP contribution in [0.3, 0.4) is 0 Å². The van der Waals surface area contributed by atoms with Crippen molar-refractivity contribution in [2.45, 2.75) is 19.4 Å². The van der Waals surface area contributed by atoms with Gasteiger partial charge in [0.15, 0.2) is 11.8 Å². The molecule has 62 valence electrons. The summed E-state index contributed by atoms with van der Waals surface area (Å²) in [5, 5.41) is 2.11. The summed E-state index contributed by atoms with van der Waals surface area (Å²) in [4.78, 5) is 22.0. The highest BCUT2D eigenvalue weighted by molar-refractivity contribution is 9.05. The van der Waals surface area contributed by atoms with Crippen LogP contribution in [0.15, 0.2) is 0 Å². The summed E-state index contributed by atoms with van der Waals surface area (Å²) in [5.74, 6) is -0.380. The second kappa shape index (κ2) is 2.18. The zero-order valence-electron chi connectivity index (χ0n) is 6.02. The SMILES string of the molecule is CC1(C)C(=O)NC(=O)[N+]1(Cl)Br. The van der Waals surface area contributed by atoms with Gasteiger partial charge in [-0.3, -0.25) is 4.79 Å². The van der Waals surface area contributed by atoms with E-state index in [1.54, 1.807) is 13.8 Å². The molecule has 6 heteroatoms. The van der Waals surface area contributed by atoms with Gasteiger partial charge in [0.05, 0.1) is 0 Å². The fourth-order valence-electron chi connectivity index (χ4n) is 0.702. The van der Waals surface area contributed by atoms with Crippen molar-refractivity contribution in [3.8, 4) is 0 Å². The molecule has 1 unspecified atom stereocenters. The molecule has 1 fully saturated rings. The molecule has 0 aromatic carbocycles. The molecule has 1 aliphatic rings. The number of quaternary nitrogens is 1. The molecule has 1 aliphatic heterocycles. The van der Waals surface area contributed by atoms with Gasteiger partial charge in [-0.15, -0.1) is 0 Å². The number of hydrogen-bond donors (Lipinski definition) is 1. The van der Waals surface area contributed by atoms with Crippen molar-refractivity contribution in [1.82, 2.24) is 5.32 Å². The van der Waals surface area contributed by atoms with Crippen LogP contribution in [-0.2, 0) is 4.79 Å². The fraction of sp³-hybridized carbons (Fsp3) is 0.600. The Hall–Kier alpha value is -0.130. The van der Waals surface area contributed by atoms with E-state index in [0.29, 0.717) is 0 Å². The lowest BCUT2D eigenvalue weighted by molar-refractivity contribution is -0.603. The Kier molecular flexibility index (Phi) is 1.78. The summed E-state index contributed by atoms with van der Waals surface area (Å²) in [6, 6.07) is -0.554. The summed E-state index contributed by atoms with van der Waals surface area (Å²) in [7, 11) is 0. The molecule has 0 aliphatic carbocycles. The Morgan fingerprint density at radius 1 is 1.55 bits per heavy atom. The molecule has 0 aromatic rings. The molecule has 3 amide bonds. The second-order valence-electron chi connectivity index (χ2n) is 2.83. The summed E-state index contributed by atoms with van der Waals surface area (Å²) in [5.41, 5.74) is -0.960. The number of carbonyl (C=O) groups excluding carboxylic acids is 2. The van der Waals surface area contributed by atoms with Crippen LogP contribution in [0, 0.1) is 0 Å². The fourth-order valence-corrected chi connectivity index (χ4v) is 1.07. The van der Waals surface area contributed by atoms with Crippen molar-refractivity contribution < 1.29 is 12.6 Å². The molecule has 1 saturated heterocycles. The number of halogens is 2. The number of hydrogen-bond acceptors (Lipinski definition) is 2. The first kappa shape index (κ1) is 8.96. The third-order valence-electron chi connectivity index (χ3n) is 1.73. The van der Waals surface area contributed by atoms with Gasteiger partial charge in [0.25, 0.3) is 22.1 Å². The first-order valence-corrected chi connectivity index (χ1v) is 3.99. The molecule has 1 heterocycles. The standard InChI is InChI=1S/C5H6BrClN2O2/c1-5(2)3(10)8-4(11)9(5,6)7/h1-2H3/p+1. The number of imide groups is 1. The van der Waals surface area contributed by atoms with Gasteiger partial charge in [0.1, 0.15) is 0 Å². The average molecular weight is 242 g/mol. The molecule has 0 radical (unpaired) electrons. The lowest BCUT2D eigenvalue weighted by Gasteiger charge is -2.22. The van der Waals surface area contributed by atoms with Gasteiger partial charge in [-0.25, -0.2) is 10.1 Å². The van der Waals surface area contributed by atoms with E-state index in [0.717, 1.165) is 0 Å². The Labute approximate surface area is 77.5 Å². The Morgan fingerprint density at radius 3 is 2.09 bits per heavy atom. The van der Waals surface area contributed by atoms with Crippen LogP contribution in [0.25, 0.3) is 0 Å². The number of amides is 3. The molecule has 0 aromatic heterocycles. The van der Waals surface area contributed by atoms with E-state index in [2.05, 4.69) is 21.5 Å². The van der Waals surface area contributed by atoms with Gasteiger partial charge in [-0.1, -0.05) is 3.03 Å². The van der Waals surface area contributed by atoms with Gasteiger partial charge in [0.2, 0.25) is 5.54 Å². The molecule has 1 N–H and O–H groups in total. The summed E-state index contributed by atoms with van der Waals surface area (Å²) in [6.45, 7) is 3.16. The molecule has 0 bridgehead atoms. The molecular formula is C5H7BrClN2O2+. The number of urea groups is 1. The quantitative estimate of drug-likeness (QED) is 0.514. The third-order valence-corrected chi connectivity index (χ3v) is 3.52. The highest BCUT2D eigenvalue weighted by Crippen LogP contribution is 2.38. The Balaban J connectivity index is 3.15. The van der Waals surface area contributed by atoms with Crippen molar-refractivity contribution in [2.75, 3.05) is 0 Å². The number of rotatable bonds is 0. The van der Waals surface area contributed by atoms with E-state index < -0.39 is 14.6 Å². The minimum Gasteiger partial charge on any atom is -0.267 e. The molecule has 4 nitrogen and oxygen atoms in total. The normalized spacial score (nSPS) is 35.6. The smallest absolute Gasteiger partial charge is 0.267 e. The maximum Gasteiger partial charge on any atom is 0.452 e. The van der Waals surface area contributed by atoms with E-state index in [9.17, 15) is 9.59 Å². The maximum atomic E-state index is 11.1. The van der Waals surface area contributed by atoms with Crippen LogP contribution in [0.5, 0.6) is 0 Å². The van der Waals surface area contributed by atoms with E-state index in [4.69, 9.17) is 11.8 Å². The molecule has 0 spiro atoms. The van der Waals surface area contributed by atoms with E-state index in [1.165, 1.54) is 0 Å². The van der Waals surface area contributed by atoms with Crippen LogP contribution in [0.1, 0.15) is 13.8 Å². The maximum absolute atomic E-state index is 11.1. The van der Waals surface area contributed by atoms with Crippen molar-refractivity contribution in [3.05, 3.63) is 0 Å². The number of nitrogens with one attached hydrogen (secondary N) is 1. The first-order chi connectivity index (χ1) is 4.80. The highest BCUT2D eigenvalue weighted by atomic mass is 79.9. The first-order valence-electron chi connectivity index (χ1n) is 2.94. The minimum atomic E-state index is -0.960. The van der Waals surface area contributed by atoms with Crippen LogP contribution >= 0.6 is 27.9 Å². The summed E-state index contributed by atoms with van der Waals surface area (Å²) < 4.78 is -0.640. The number of carbonyl (C=O) groups is 2. The van der Waals surface area contributed by atoms with Crippen LogP contribution < -0.4 is 5.32 Å². The largest absolute Gasteiger partial charge is 0.452 e. The van der Waals surface area contributed by atoms with E-state index in [1.807, 2.05) is 0 Å². The predicted octanol–water partition coefficient (Wildman–Crippen LogP) is 1.30. The van der Waals surface area contributed by atoms with E-state index in [-0.39, 0.29) is 5.91 Å². The molecule has 0 saturated carbocycles. The Morgan fingerprint density at radius 2 is 2.00 bits per heavy atom. The van der Waals surface area contributed by atoms with Gasteiger partial charge < -0.3 is 0 Å². The van der Waals surface area contributed by atoms with Crippen LogP contribution in [0.2, 0.25) is 0 Å².